The summed E-state index contributed by atoms with van der Waals surface area (Å²) in [5.74, 6) is 0. The molecule has 1 aromatic carbocycles. The monoisotopic (exact) mass is 311 g/mol. The van der Waals surface area contributed by atoms with Crippen molar-refractivity contribution in [3.8, 4) is 0 Å². The van der Waals surface area contributed by atoms with Crippen molar-refractivity contribution in [3.05, 3.63) is 59.4 Å². The minimum absolute atomic E-state index is 0.548. The van der Waals surface area contributed by atoms with E-state index in [1.54, 1.807) is 0 Å². The summed E-state index contributed by atoms with van der Waals surface area (Å²) in [5.41, 5.74) is 4.59. The van der Waals surface area contributed by atoms with E-state index < -0.39 is 0 Å². The van der Waals surface area contributed by atoms with Crippen molar-refractivity contribution in [2.24, 2.45) is 0 Å². The Balaban J connectivity index is 1.74. The zero-order chi connectivity index (χ0) is 15.5. The Labute approximate surface area is 137 Å². The van der Waals surface area contributed by atoms with Gasteiger partial charge in [0.05, 0.1) is 12.2 Å². The molecule has 2 aromatic rings. The molecule has 0 aliphatic heterocycles. The fraction of sp³-hybridized carbons (Fsp3) is 0.333. The molecule has 3 rings (SSSR count). The van der Waals surface area contributed by atoms with E-state index in [9.17, 15) is 0 Å². The summed E-state index contributed by atoms with van der Waals surface area (Å²) in [6.07, 6.45) is 4.25. The van der Waals surface area contributed by atoms with Crippen LogP contribution in [0.1, 0.15) is 29.7 Å². The van der Waals surface area contributed by atoms with Crippen molar-refractivity contribution in [1.29, 1.82) is 0 Å². The van der Waals surface area contributed by atoms with Crippen LogP contribution in [0.5, 0.6) is 0 Å². The standard InChI is InChI=1S/C18H21N3S/c1-13-6-7-14(2)17(11-13)20-18(22)21(16-8-9-16)12-15-5-3-4-10-19-15/h3-7,10-11,16H,8-9,12H2,1-2H3,(H,20,22). The van der Waals surface area contributed by atoms with Gasteiger partial charge in [-0.25, -0.2) is 0 Å². The number of aromatic nitrogens is 1. The van der Waals surface area contributed by atoms with Crippen LogP contribution < -0.4 is 5.32 Å². The maximum absolute atomic E-state index is 5.66. The molecule has 0 bridgehead atoms. The van der Waals surface area contributed by atoms with E-state index in [0.29, 0.717) is 6.04 Å². The lowest BCUT2D eigenvalue weighted by atomic mass is 10.1. The van der Waals surface area contributed by atoms with Crippen LogP contribution in [0.2, 0.25) is 0 Å². The Hall–Kier alpha value is -1.94. The largest absolute Gasteiger partial charge is 0.340 e. The topological polar surface area (TPSA) is 28.2 Å². The third-order valence-corrected chi connectivity index (χ3v) is 4.28. The molecule has 1 aromatic heterocycles. The van der Waals surface area contributed by atoms with Gasteiger partial charge in [0.25, 0.3) is 0 Å². The van der Waals surface area contributed by atoms with Gasteiger partial charge in [0.15, 0.2) is 5.11 Å². The molecule has 0 amide bonds. The van der Waals surface area contributed by atoms with E-state index >= 15 is 0 Å². The second kappa shape index (κ2) is 6.44. The quantitative estimate of drug-likeness (QED) is 0.862. The van der Waals surface area contributed by atoms with Crippen LogP contribution in [0.3, 0.4) is 0 Å². The molecule has 1 fully saturated rings. The van der Waals surface area contributed by atoms with Crippen LogP contribution in [0.25, 0.3) is 0 Å². The summed E-state index contributed by atoms with van der Waals surface area (Å²) >= 11 is 5.66. The molecule has 0 saturated heterocycles. The minimum atomic E-state index is 0.548. The average Bonchev–Trinajstić information content (AvgIpc) is 3.34. The van der Waals surface area contributed by atoms with Crippen LogP contribution in [-0.4, -0.2) is 21.0 Å². The molecule has 1 aliphatic carbocycles. The number of nitrogens with zero attached hydrogens (tertiary/aromatic N) is 2. The molecule has 1 heterocycles. The highest BCUT2D eigenvalue weighted by atomic mass is 32.1. The maximum atomic E-state index is 5.66. The molecule has 0 unspecified atom stereocenters. The van der Waals surface area contributed by atoms with E-state index in [1.165, 1.54) is 24.0 Å². The van der Waals surface area contributed by atoms with Crippen molar-refractivity contribution >= 4 is 23.0 Å². The van der Waals surface area contributed by atoms with E-state index in [2.05, 4.69) is 53.3 Å². The van der Waals surface area contributed by atoms with Gasteiger partial charge >= 0.3 is 0 Å². The molecule has 0 atom stereocenters. The molecule has 114 valence electrons. The zero-order valence-corrected chi connectivity index (χ0v) is 13.9. The Morgan fingerprint density at radius 1 is 1.27 bits per heavy atom. The number of rotatable bonds is 4. The normalized spacial score (nSPS) is 13.7. The number of hydrogen-bond acceptors (Lipinski definition) is 2. The Morgan fingerprint density at radius 2 is 2.09 bits per heavy atom. The van der Waals surface area contributed by atoms with Crippen LogP contribution >= 0.6 is 12.2 Å². The average molecular weight is 311 g/mol. The van der Waals surface area contributed by atoms with E-state index in [0.717, 1.165) is 23.0 Å². The number of benzene rings is 1. The number of hydrogen-bond donors (Lipinski definition) is 1. The first-order valence-corrected chi connectivity index (χ1v) is 8.09. The molecular weight excluding hydrogens is 290 g/mol. The predicted octanol–water partition coefficient (Wildman–Crippen LogP) is 4.06. The van der Waals surface area contributed by atoms with Gasteiger partial charge in [0.2, 0.25) is 0 Å². The van der Waals surface area contributed by atoms with Crippen LogP contribution in [0.4, 0.5) is 5.69 Å². The smallest absolute Gasteiger partial charge is 0.174 e. The van der Waals surface area contributed by atoms with Gasteiger partial charge < -0.3 is 10.2 Å². The highest BCUT2D eigenvalue weighted by Crippen LogP contribution is 2.29. The Morgan fingerprint density at radius 3 is 2.77 bits per heavy atom. The molecule has 1 saturated carbocycles. The summed E-state index contributed by atoms with van der Waals surface area (Å²) in [7, 11) is 0. The third kappa shape index (κ3) is 3.63. The van der Waals surface area contributed by atoms with Crippen molar-refractivity contribution in [3.63, 3.8) is 0 Å². The van der Waals surface area contributed by atoms with E-state index in [4.69, 9.17) is 12.2 Å². The second-order valence-corrected chi connectivity index (χ2v) is 6.32. The first-order chi connectivity index (χ1) is 10.6. The van der Waals surface area contributed by atoms with Gasteiger partial charge in [-0.1, -0.05) is 18.2 Å². The van der Waals surface area contributed by atoms with Gasteiger partial charge in [-0.05, 0) is 68.2 Å². The van der Waals surface area contributed by atoms with Crippen molar-refractivity contribution in [2.45, 2.75) is 39.3 Å². The molecule has 1 N–H and O–H groups in total. The van der Waals surface area contributed by atoms with Gasteiger partial charge in [-0.3, -0.25) is 4.98 Å². The van der Waals surface area contributed by atoms with Crippen LogP contribution in [0, 0.1) is 13.8 Å². The van der Waals surface area contributed by atoms with Gasteiger partial charge in [0, 0.05) is 17.9 Å². The molecule has 4 heteroatoms. The number of pyridine rings is 1. The SMILES string of the molecule is Cc1ccc(C)c(NC(=S)N(Cc2ccccn2)C2CC2)c1. The first kappa shape index (κ1) is 15.0. The second-order valence-electron chi connectivity index (χ2n) is 5.93. The minimum Gasteiger partial charge on any atom is -0.340 e. The lowest BCUT2D eigenvalue weighted by Crippen LogP contribution is -2.36. The van der Waals surface area contributed by atoms with Gasteiger partial charge in [0.1, 0.15) is 0 Å². The van der Waals surface area contributed by atoms with Gasteiger partial charge in [-0.2, -0.15) is 0 Å². The predicted molar refractivity (Wildman–Crippen MR) is 94.9 cm³/mol. The number of nitrogens with one attached hydrogen (secondary N) is 1. The van der Waals surface area contributed by atoms with Crippen LogP contribution in [-0.2, 0) is 6.54 Å². The summed E-state index contributed by atoms with van der Waals surface area (Å²) in [6.45, 7) is 4.97. The summed E-state index contributed by atoms with van der Waals surface area (Å²) in [4.78, 5) is 6.68. The molecule has 1 aliphatic rings. The fourth-order valence-corrected chi connectivity index (χ4v) is 2.80. The fourth-order valence-electron chi connectivity index (χ4n) is 2.48. The lowest BCUT2D eigenvalue weighted by Gasteiger charge is -2.26. The van der Waals surface area contributed by atoms with Crippen LogP contribution in [0.15, 0.2) is 42.6 Å². The highest BCUT2D eigenvalue weighted by Gasteiger charge is 2.31. The Bertz CT molecular complexity index is 665. The zero-order valence-electron chi connectivity index (χ0n) is 13.0. The number of thiocarbonyl (C=S) groups is 1. The molecule has 0 spiro atoms. The maximum Gasteiger partial charge on any atom is 0.174 e. The lowest BCUT2D eigenvalue weighted by molar-refractivity contribution is 0.404. The van der Waals surface area contributed by atoms with Crippen molar-refractivity contribution in [1.82, 2.24) is 9.88 Å². The van der Waals surface area contributed by atoms with Gasteiger partial charge in [-0.15, -0.1) is 0 Å². The van der Waals surface area contributed by atoms with E-state index in [-0.39, 0.29) is 0 Å². The number of aryl methyl sites for hydroxylation is 2. The summed E-state index contributed by atoms with van der Waals surface area (Å²) in [5, 5.41) is 4.22. The molecule has 3 nitrogen and oxygen atoms in total. The summed E-state index contributed by atoms with van der Waals surface area (Å²) in [6, 6.07) is 13.0. The molecular formula is C18H21N3S. The van der Waals surface area contributed by atoms with Crippen molar-refractivity contribution < 1.29 is 0 Å². The molecule has 22 heavy (non-hydrogen) atoms. The molecule has 0 radical (unpaired) electrons. The number of anilines is 1. The summed E-state index contributed by atoms with van der Waals surface area (Å²) < 4.78 is 0. The highest BCUT2D eigenvalue weighted by molar-refractivity contribution is 7.80. The van der Waals surface area contributed by atoms with E-state index in [1.807, 2.05) is 18.3 Å². The Kier molecular flexibility index (Phi) is 4.39. The third-order valence-electron chi connectivity index (χ3n) is 3.94. The van der Waals surface area contributed by atoms with Crippen molar-refractivity contribution in [2.75, 3.05) is 5.32 Å². The first-order valence-electron chi connectivity index (χ1n) is 7.68.